The van der Waals surface area contributed by atoms with E-state index in [1.165, 1.54) is 5.56 Å². The lowest BCUT2D eigenvalue weighted by atomic mass is 10.1. The summed E-state index contributed by atoms with van der Waals surface area (Å²) in [6.45, 7) is 3.96. The van der Waals surface area contributed by atoms with E-state index in [4.69, 9.17) is 5.26 Å². The summed E-state index contributed by atoms with van der Waals surface area (Å²) in [5, 5.41) is 14.9. The summed E-state index contributed by atoms with van der Waals surface area (Å²) in [6.07, 6.45) is 2.18. The molecule has 2 N–H and O–H groups in total. The van der Waals surface area contributed by atoms with Gasteiger partial charge in [-0.25, -0.2) is 0 Å². The third kappa shape index (κ3) is 4.86. The van der Waals surface area contributed by atoms with Gasteiger partial charge in [-0.05, 0) is 49.2 Å². The highest BCUT2D eigenvalue weighted by atomic mass is 16.2. The van der Waals surface area contributed by atoms with E-state index in [0.29, 0.717) is 11.3 Å². The monoisotopic (exact) mass is 307 g/mol. The minimum Gasteiger partial charge on any atom is -0.374 e. The Labute approximate surface area is 137 Å². The van der Waals surface area contributed by atoms with E-state index in [1.807, 2.05) is 19.1 Å². The molecule has 2 rings (SSSR count). The Kier molecular flexibility index (Phi) is 5.76. The molecular formula is C19H21N3O. The third-order valence-electron chi connectivity index (χ3n) is 3.53. The predicted molar refractivity (Wildman–Crippen MR) is 93.3 cm³/mol. The second kappa shape index (κ2) is 8.00. The molecule has 0 saturated carbocycles. The molecule has 0 aliphatic heterocycles. The fourth-order valence-corrected chi connectivity index (χ4v) is 2.29. The van der Waals surface area contributed by atoms with Gasteiger partial charge in [-0.2, -0.15) is 5.26 Å². The summed E-state index contributed by atoms with van der Waals surface area (Å²) < 4.78 is 0. The number of carbonyl (C=O) groups excluding carboxylic acids is 1. The SMILES string of the molecule is CCCc1ccc(N[C@@H](C)C(=O)Nc2cccc(C#N)c2)cc1. The topological polar surface area (TPSA) is 64.9 Å². The average Bonchev–Trinajstić information content (AvgIpc) is 2.57. The lowest BCUT2D eigenvalue weighted by Gasteiger charge is -2.15. The lowest BCUT2D eigenvalue weighted by Crippen LogP contribution is -2.31. The standard InChI is InChI=1S/C19H21N3O/c1-3-5-15-8-10-17(11-9-15)21-14(2)19(23)22-18-7-4-6-16(12-18)13-20/h4,6-12,14,21H,3,5H2,1-2H3,(H,22,23)/t14-/m0/s1. The summed E-state index contributed by atoms with van der Waals surface area (Å²) >= 11 is 0. The smallest absolute Gasteiger partial charge is 0.246 e. The number of benzene rings is 2. The maximum absolute atomic E-state index is 12.2. The van der Waals surface area contributed by atoms with Crippen molar-refractivity contribution in [2.45, 2.75) is 32.7 Å². The predicted octanol–water partition coefficient (Wildman–Crippen LogP) is 3.95. The maximum atomic E-state index is 12.2. The third-order valence-corrected chi connectivity index (χ3v) is 3.53. The van der Waals surface area contributed by atoms with Crippen LogP contribution in [0.15, 0.2) is 48.5 Å². The zero-order chi connectivity index (χ0) is 16.7. The van der Waals surface area contributed by atoms with Crippen LogP contribution in [0.2, 0.25) is 0 Å². The fraction of sp³-hybridized carbons (Fsp3) is 0.263. The van der Waals surface area contributed by atoms with Crippen molar-refractivity contribution in [3.63, 3.8) is 0 Å². The van der Waals surface area contributed by atoms with Gasteiger partial charge in [0.15, 0.2) is 0 Å². The molecule has 0 bridgehead atoms. The van der Waals surface area contributed by atoms with E-state index >= 15 is 0 Å². The van der Waals surface area contributed by atoms with Gasteiger partial charge in [-0.15, -0.1) is 0 Å². The number of nitrogens with zero attached hydrogens (tertiary/aromatic N) is 1. The van der Waals surface area contributed by atoms with Gasteiger partial charge in [0.1, 0.15) is 6.04 Å². The summed E-state index contributed by atoms with van der Waals surface area (Å²) in [7, 11) is 0. The van der Waals surface area contributed by atoms with Crippen molar-refractivity contribution in [2.75, 3.05) is 10.6 Å². The molecule has 4 heteroatoms. The number of anilines is 2. The summed E-state index contributed by atoms with van der Waals surface area (Å²) in [6, 6.07) is 16.7. The first-order valence-corrected chi connectivity index (χ1v) is 7.79. The van der Waals surface area contributed by atoms with Crippen LogP contribution in [-0.2, 0) is 11.2 Å². The lowest BCUT2D eigenvalue weighted by molar-refractivity contribution is -0.116. The Morgan fingerprint density at radius 1 is 1.17 bits per heavy atom. The second-order valence-electron chi connectivity index (χ2n) is 5.49. The van der Waals surface area contributed by atoms with Crippen molar-refractivity contribution in [3.05, 3.63) is 59.7 Å². The van der Waals surface area contributed by atoms with Crippen LogP contribution in [0.3, 0.4) is 0 Å². The van der Waals surface area contributed by atoms with E-state index in [2.05, 4.69) is 35.8 Å². The minimum absolute atomic E-state index is 0.141. The quantitative estimate of drug-likeness (QED) is 0.849. The van der Waals surface area contributed by atoms with Gasteiger partial charge in [0.2, 0.25) is 5.91 Å². The van der Waals surface area contributed by atoms with Crippen LogP contribution in [0.1, 0.15) is 31.4 Å². The molecule has 0 heterocycles. The molecule has 0 spiro atoms. The van der Waals surface area contributed by atoms with Crippen LogP contribution in [-0.4, -0.2) is 11.9 Å². The molecule has 0 unspecified atom stereocenters. The summed E-state index contributed by atoms with van der Waals surface area (Å²) in [4.78, 5) is 12.2. The van der Waals surface area contributed by atoms with Crippen LogP contribution < -0.4 is 10.6 Å². The molecule has 23 heavy (non-hydrogen) atoms. The molecular weight excluding hydrogens is 286 g/mol. The number of carbonyl (C=O) groups is 1. The van der Waals surface area contributed by atoms with Crippen LogP contribution in [0, 0.1) is 11.3 Å². The molecule has 4 nitrogen and oxygen atoms in total. The van der Waals surface area contributed by atoms with Gasteiger partial charge in [-0.1, -0.05) is 31.5 Å². The highest BCUT2D eigenvalue weighted by molar-refractivity contribution is 5.96. The van der Waals surface area contributed by atoms with Crippen molar-refractivity contribution < 1.29 is 4.79 Å². The van der Waals surface area contributed by atoms with E-state index < -0.39 is 0 Å². The summed E-state index contributed by atoms with van der Waals surface area (Å²) in [5.74, 6) is -0.141. The van der Waals surface area contributed by atoms with Crippen molar-refractivity contribution in [1.29, 1.82) is 5.26 Å². The number of aryl methyl sites for hydroxylation is 1. The molecule has 0 saturated heterocycles. The van der Waals surface area contributed by atoms with Gasteiger partial charge in [0.05, 0.1) is 11.6 Å². The largest absolute Gasteiger partial charge is 0.374 e. The molecule has 2 aromatic carbocycles. The van der Waals surface area contributed by atoms with E-state index in [0.717, 1.165) is 18.5 Å². The zero-order valence-electron chi connectivity index (χ0n) is 13.5. The Morgan fingerprint density at radius 3 is 2.57 bits per heavy atom. The molecule has 1 amide bonds. The molecule has 0 fully saturated rings. The van der Waals surface area contributed by atoms with Crippen molar-refractivity contribution in [2.24, 2.45) is 0 Å². The fourth-order valence-electron chi connectivity index (χ4n) is 2.29. The van der Waals surface area contributed by atoms with Crippen LogP contribution in [0.5, 0.6) is 0 Å². The number of amides is 1. The first kappa shape index (κ1) is 16.6. The Morgan fingerprint density at radius 2 is 1.91 bits per heavy atom. The number of nitriles is 1. The first-order chi connectivity index (χ1) is 11.1. The van der Waals surface area contributed by atoms with E-state index in [-0.39, 0.29) is 11.9 Å². The van der Waals surface area contributed by atoms with Crippen molar-refractivity contribution in [1.82, 2.24) is 0 Å². The van der Waals surface area contributed by atoms with Gasteiger partial charge >= 0.3 is 0 Å². The number of hydrogen-bond acceptors (Lipinski definition) is 3. The molecule has 0 aromatic heterocycles. The number of rotatable bonds is 6. The molecule has 0 radical (unpaired) electrons. The van der Waals surface area contributed by atoms with Crippen molar-refractivity contribution >= 4 is 17.3 Å². The first-order valence-electron chi connectivity index (χ1n) is 7.79. The highest BCUT2D eigenvalue weighted by Crippen LogP contribution is 2.14. The molecule has 0 aliphatic carbocycles. The van der Waals surface area contributed by atoms with Crippen LogP contribution in [0.4, 0.5) is 11.4 Å². The van der Waals surface area contributed by atoms with Gasteiger partial charge in [0.25, 0.3) is 0 Å². The van der Waals surface area contributed by atoms with Crippen molar-refractivity contribution in [3.8, 4) is 6.07 Å². The number of hydrogen-bond donors (Lipinski definition) is 2. The average molecular weight is 307 g/mol. The Balaban J connectivity index is 1.95. The highest BCUT2D eigenvalue weighted by Gasteiger charge is 2.13. The minimum atomic E-state index is -0.377. The Hall–Kier alpha value is -2.80. The van der Waals surface area contributed by atoms with Crippen LogP contribution in [0.25, 0.3) is 0 Å². The normalized spacial score (nSPS) is 11.3. The zero-order valence-corrected chi connectivity index (χ0v) is 13.5. The van der Waals surface area contributed by atoms with E-state index in [1.54, 1.807) is 24.3 Å². The Bertz CT molecular complexity index is 701. The molecule has 118 valence electrons. The number of nitrogens with one attached hydrogen (secondary N) is 2. The molecule has 0 aliphatic rings. The van der Waals surface area contributed by atoms with Gasteiger partial charge in [0, 0.05) is 11.4 Å². The van der Waals surface area contributed by atoms with E-state index in [9.17, 15) is 4.79 Å². The van der Waals surface area contributed by atoms with Gasteiger partial charge < -0.3 is 10.6 Å². The summed E-state index contributed by atoms with van der Waals surface area (Å²) in [5.41, 5.74) is 3.36. The second-order valence-corrected chi connectivity index (χ2v) is 5.49. The molecule has 1 atom stereocenters. The van der Waals surface area contributed by atoms with Gasteiger partial charge in [-0.3, -0.25) is 4.79 Å². The molecule has 2 aromatic rings. The maximum Gasteiger partial charge on any atom is 0.246 e. The van der Waals surface area contributed by atoms with Crippen LogP contribution >= 0.6 is 0 Å².